The van der Waals surface area contributed by atoms with Gasteiger partial charge in [-0.3, -0.25) is 14.6 Å². The van der Waals surface area contributed by atoms with E-state index >= 15 is 0 Å². The summed E-state index contributed by atoms with van der Waals surface area (Å²) in [5.74, 6) is -3.02. The van der Waals surface area contributed by atoms with Crippen LogP contribution >= 0.6 is 0 Å². The topological polar surface area (TPSA) is 186 Å². The SMILES string of the molecule is NC(N)=NCCC[C@H](N)C(=O)N[C@H](Cc1ccc(F)cc1)C(=O)N[C@@H](Cc1ccccc1)C(=O)O. The molecule has 2 aromatic rings. The second kappa shape index (κ2) is 13.7. The zero-order valence-corrected chi connectivity index (χ0v) is 19.2. The zero-order valence-electron chi connectivity index (χ0n) is 19.2. The number of rotatable bonds is 13. The van der Waals surface area contributed by atoms with Gasteiger partial charge in [-0.1, -0.05) is 42.5 Å². The predicted octanol–water partition coefficient (Wildman–Crippen LogP) is 0.0460. The smallest absolute Gasteiger partial charge is 0.326 e. The molecule has 0 bridgehead atoms. The molecule has 0 aromatic heterocycles. The molecule has 2 amide bonds. The number of carbonyl (C=O) groups is 3. The van der Waals surface area contributed by atoms with E-state index in [-0.39, 0.29) is 25.2 Å². The monoisotopic (exact) mass is 486 g/mol. The van der Waals surface area contributed by atoms with E-state index in [2.05, 4.69) is 15.6 Å². The summed E-state index contributed by atoms with van der Waals surface area (Å²) in [6.07, 6.45) is 0.776. The van der Waals surface area contributed by atoms with Gasteiger partial charge in [0, 0.05) is 19.4 Å². The van der Waals surface area contributed by atoms with E-state index in [0.29, 0.717) is 18.5 Å². The predicted molar refractivity (Wildman–Crippen MR) is 130 cm³/mol. The molecule has 0 aliphatic rings. The highest BCUT2D eigenvalue weighted by atomic mass is 19.1. The Morgan fingerprint density at radius 2 is 1.46 bits per heavy atom. The maximum absolute atomic E-state index is 13.3. The molecule has 35 heavy (non-hydrogen) atoms. The number of amides is 2. The molecule has 0 spiro atoms. The minimum atomic E-state index is -1.22. The standard InChI is InChI=1S/C24H31FN6O4/c25-17-10-8-16(9-11-17)13-19(30-21(32)18(26)7-4-12-29-24(27)28)22(33)31-20(23(34)35)14-15-5-2-1-3-6-15/h1-3,5-6,8-11,18-20H,4,7,12-14,26H2,(H,30,32)(H,31,33)(H,34,35)(H4,27,28,29)/t18-,19+,20-/m0/s1. The van der Waals surface area contributed by atoms with Crippen molar-refractivity contribution in [1.82, 2.24) is 10.6 Å². The maximum Gasteiger partial charge on any atom is 0.326 e. The Bertz CT molecular complexity index is 1010. The van der Waals surface area contributed by atoms with Crippen LogP contribution in [0.2, 0.25) is 0 Å². The largest absolute Gasteiger partial charge is 0.480 e. The van der Waals surface area contributed by atoms with E-state index < -0.39 is 41.7 Å². The first-order chi connectivity index (χ1) is 16.7. The fourth-order valence-electron chi connectivity index (χ4n) is 3.32. The average Bonchev–Trinajstić information content (AvgIpc) is 2.82. The molecule has 10 nitrogen and oxygen atoms in total. The molecule has 2 aromatic carbocycles. The van der Waals surface area contributed by atoms with Gasteiger partial charge in [0.2, 0.25) is 11.8 Å². The molecule has 0 radical (unpaired) electrons. The van der Waals surface area contributed by atoms with Crippen molar-refractivity contribution in [1.29, 1.82) is 0 Å². The summed E-state index contributed by atoms with van der Waals surface area (Å²) in [5, 5.41) is 14.7. The Kier molecular flexibility index (Phi) is 10.6. The van der Waals surface area contributed by atoms with Crippen LogP contribution in [0.5, 0.6) is 0 Å². The van der Waals surface area contributed by atoms with E-state index in [9.17, 15) is 23.9 Å². The van der Waals surface area contributed by atoms with Crippen LogP contribution in [-0.4, -0.2) is 53.5 Å². The van der Waals surface area contributed by atoms with Gasteiger partial charge in [0.05, 0.1) is 6.04 Å². The van der Waals surface area contributed by atoms with Crippen molar-refractivity contribution >= 4 is 23.7 Å². The number of aliphatic carboxylic acids is 1. The second-order valence-corrected chi connectivity index (χ2v) is 8.04. The van der Waals surface area contributed by atoms with Gasteiger partial charge in [-0.2, -0.15) is 0 Å². The molecular formula is C24H31FN6O4. The highest BCUT2D eigenvalue weighted by molar-refractivity contribution is 5.92. The Morgan fingerprint density at radius 3 is 2.06 bits per heavy atom. The molecular weight excluding hydrogens is 455 g/mol. The molecule has 0 saturated carbocycles. The molecule has 0 heterocycles. The Morgan fingerprint density at radius 1 is 0.886 bits per heavy atom. The van der Waals surface area contributed by atoms with E-state index in [0.717, 1.165) is 5.56 Å². The number of aliphatic imine (C=N–C) groups is 1. The molecule has 9 N–H and O–H groups in total. The van der Waals surface area contributed by atoms with Gasteiger partial charge >= 0.3 is 5.97 Å². The van der Waals surface area contributed by atoms with Crippen LogP contribution in [-0.2, 0) is 27.2 Å². The number of hydrogen-bond acceptors (Lipinski definition) is 5. The number of carboxylic acids is 1. The first-order valence-electron chi connectivity index (χ1n) is 11.1. The van der Waals surface area contributed by atoms with Crippen LogP contribution < -0.4 is 27.8 Å². The van der Waals surface area contributed by atoms with Crippen LogP contribution in [0.1, 0.15) is 24.0 Å². The zero-order chi connectivity index (χ0) is 25.8. The van der Waals surface area contributed by atoms with Crippen LogP contribution in [0.4, 0.5) is 4.39 Å². The average molecular weight is 487 g/mol. The van der Waals surface area contributed by atoms with Crippen LogP contribution in [0.3, 0.4) is 0 Å². The van der Waals surface area contributed by atoms with Gasteiger partial charge in [-0.15, -0.1) is 0 Å². The quantitative estimate of drug-likeness (QED) is 0.131. The van der Waals surface area contributed by atoms with E-state index in [1.165, 1.54) is 24.3 Å². The summed E-state index contributed by atoms with van der Waals surface area (Å²) in [6, 6.07) is 11.0. The third kappa shape index (κ3) is 9.80. The summed E-state index contributed by atoms with van der Waals surface area (Å²) >= 11 is 0. The lowest BCUT2D eigenvalue weighted by Gasteiger charge is -2.23. The molecule has 0 saturated heterocycles. The third-order valence-corrected chi connectivity index (χ3v) is 5.19. The number of benzene rings is 2. The summed E-state index contributed by atoms with van der Waals surface area (Å²) in [5.41, 5.74) is 17.8. The minimum absolute atomic E-state index is 0.0102. The first kappa shape index (κ1) is 27.3. The summed E-state index contributed by atoms with van der Waals surface area (Å²) in [4.78, 5) is 41.3. The number of halogens is 1. The lowest BCUT2D eigenvalue weighted by atomic mass is 10.0. The Hall–Kier alpha value is -3.99. The Balaban J connectivity index is 2.11. The van der Waals surface area contributed by atoms with Crippen molar-refractivity contribution in [2.45, 2.75) is 43.8 Å². The fraction of sp³-hybridized carbons (Fsp3) is 0.333. The summed E-state index contributed by atoms with van der Waals surface area (Å²) in [7, 11) is 0. The van der Waals surface area contributed by atoms with Crippen molar-refractivity contribution in [2.75, 3.05) is 6.54 Å². The number of nitrogens with zero attached hydrogens (tertiary/aromatic N) is 1. The van der Waals surface area contributed by atoms with Gasteiger partial charge in [0.25, 0.3) is 0 Å². The lowest BCUT2D eigenvalue weighted by Crippen LogP contribution is -2.55. The van der Waals surface area contributed by atoms with Crippen molar-refractivity contribution in [3.05, 3.63) is 71.5 Å². The molecule has 11 heteroatoms. The number of guanidine groups is 1. The molecule has 0 aliphatic heterocycles. The van der Waals surface area contributed by atoms with Crippen molar-refractivity contribution < 1.29 is 23.9 Å². The summed E-state index contributed by atoms with van der Waals surface area (Å²) < 4.78 is 13.3. The van der Waals surface area contributed by atoms with Gasteiger partial charge in [0.1, 0.15) is 17.9 Å². The maximum atomic E-state index is 13.3. The molecule has 0 aliphatic carbocycles. The number of carboxylic acid groups (broad SMARTS) is 1. The second-order valence-electron chi connectivity index (χ2n) is 8.04. The number of nitrogens with one attached hydrogen (secondary N) is 2. The summed E-state index contributed by atoms with van der Waals surface area (Å²) in [6.45, 7) is 0.294. The van der Waals surface area contributed by atoms with Gasteiger partial charge in [-0.25, -0.2) is 9.18 Å². The number of carbonyl (C=O) groups excluding carboxylic acids is 2. The molecule has 3 atom stereocenters. The third-order valence-electron chi connectivity index (χ3n) is 5.19. The highest BCUT2D eigenvalue weighted by Gasteiger charge is 2.28. The first-order valence-corrected chi connectivity index (χ1v) is 11.1. The number of nitrogens with two attached hydrogens (primary N) is 3. The molecule has 2 rings (SSSR count). The van der Waals surface area contributed by atoms with E-state index in [1.54, 1.807) is 30.3 Å². The molecule has 188 valence electrons. The normalized spacial score (nSPS) is 13.2. The number of hydrogen-bond donors (Lipinski definition) is 6. The molecule has 0 fully saturated rings. The van der Waals surface area contributed by atoms with Crippen LogP contribution in [0, 0.1) is 5.82 Å². The van der Waals surface area contributed by atoms with Gasteiger partial charge in [0.15, 0.2) is 5.96 Å². The minimum Gasteiger partial charge on any atom is -0.480 e. The lowest BCUT2D eigenvalue weighted by molar-refractivity contribution is -0.142. The van der Waals surface area contributed by atoms with E-state index in [4.69, 9.17) is 17.2 Å². The van der Waals surface area contributed by atoms with Gasteiger partial charge < -0.3 is 32.9 Å². The molecule has 0 unspecified atom stereocenters. The van der Waals surface area contributed by atoms with Crippen molar-refractivity contribution in [3.8, 4) is 0 Å². The van der Waals surface area contributed by atoms with Crippen molar-refractivity contribution in [2.24, 2.45) is 22.2 Å². The van der Waals surface area contributed by atoms with Gasteiger partial charge in [-0.05, 0) is 36.1 Å². The van der Waals surface area contributed by atoms with E-state index in [1.807, 2.05) is 0 Å². The van der Waals surface area contributed by atoms with Crippen LogP contribution in [0.25, 0.3) is 0 Å². The van der Waals surface area contributed by atoms with Crippen LogP contribution in [0.15, 0.2) is 59.6 Å². The Labute approximate surface area is 202 Å². The highest BCUT2D eigenvalue weighted by Crippen LogP contribution is 2.09. The fourth-order valence-corrected chi connectivity index (χ4v) is 3.32. The van der Waals surface area contributed by atoms with Crippen molar-refractivity contribution in [3.63, 3.8) is 0 Å².